The Hall–Kier alpha value is -1.35. The van der Waals surface area contributed by atoms with Crippen LogP contribution in [0.5, 0.6) is 0 Å². The number of hydrogen-bond acceptors (Lipinski definition) is 2. The van der Waals surface area contributed by atoms with Crippen molar-refractivity contribution < 1.29 is 4.79 Å². The molecule has 0 atom stereocenters. The SMILES string of the molecule is O=[C]NC1CCN(Cc2ccccc2)CC1. The lowest BCUT2D eigenvalue weighted by atomic mass is 10.0. The summed E-state index contributed by atoms with van der Waals surface area (Å²) in [7, 11) is 0. The van der Waals surface area contributed by atoms with E-state index >= 15 is 0 Å². The third kappa shape index (κ3) is 3.07. The first-order valence-electron chi connectivity index (χ1n) is 5.77. The Balaban J connectivity index is 1.79. The van der Waals surface area contributed by atoms with Crippen LogP contribution in [0, 0.1) is 0 Å². The lowest BCUT2D eigenvalue weighted by Gasteiger charge is -2.31. The van der Waals surface area contributed by atoms with Crippen molar-refractivity contribution in [3.05, 3.63) is 35.9 Å². The number of rotatable bonds is 4. The van der Waals surface area contributed by atoms with Gasteiger partial charge in [-0.2, -0.15) is 0 Å². The van der Waals surface area contributed by atoms with E-state index in [1.54, 1.807) is 6.41 Å². The van der Waals surface area contributed by atoms with Crippen LogP contribution < -0.4 is 5.32 Å². The van der Waals surface area contributed by atoms with E-state index in [1.807, 2.05) is 6.07 Å². The van der Waals surface area contributed by atoms with Crippen LogP contribution in [0.2, 0.25) is 0 Å². The Morgan fingerprint density at radius 3 is 2.56 bits per heavy atom. The smallest absolute Gasteiger partial charge is 0.309 e. The number of hydrogen-bond donors (Lipinski definition) is 1. The van der Waals surface area contributed by atoms with Gasteiger partial charge in [0.25, 0.3) is 0 Å². The Bertz CT molecular complexity index is 318. The number of nitrogens with one attached hydrogen (secondary N) is 1. The Morgan fingerprint density at radius 1 is 1.25 bits per heavy atom. The zero-order chi connectivity index (χ0) is 11.2. The highest BCUT2D eigenvalue weighted by atomic mass is 16.1. The first kappa shape index (κ1) is 11.1. The normalized spacial score (nSPS) is 18.2. The molecule has 1 aliphatic rings. The van der Waals surface area contributed by atoms with Gasteiger partial charge in [-0.05, 0) is 18.4 Å². The summed E-state index contributed by atoms with van der Waals surface area (Å²) in [6.45, 7) is 3.11. The molecule has 0 aromatic heterocycles. The van der Waals surface area contributed by atoms with Crippen molar-refractivity contribution in [3.63, 3.8) is 0 Å². The third-order valence-electron chi connectivity index (χ3n) is 3.10. The van der Waals surface area contributed by atoms with Gasteiger partial charge in [-0.3, -0.25) is 9.69 Å². The molecule has 0 unspecified atom stereocenters. The molecule has 1 radical (unpaired) electrons. The van der Waals surface area contributed by atoms with Crippen molar-refractivity contribution in [2.24, 2.45) is 0 Å². The Kier molecular flexibility index (Phi) is 3.94. The molecule has 3 heteroatoms. The van der Waals surface area contributed by atoms with Gasteiger partial charge in [0.1, 0.15) is 0 Å². The van der Waals surface area contributed by atoms with Gasteiger partial charge in [-0.1, -0.05) is 30.3 Å². The Labute approximate surface area is 96.5 Å². The van der Waals surface area contributed by atoms with Crippen molar-refractivity contribution in [1.29, 1.82) is 0 Å². The van der Waals surface area contributed by atoms with Crippen LogP contribution in [0.25, 0.3) is 0 Å². The van der Waals surface area contributed by atoms with Gasteiger partial charge in [0, 0.05) is 25.7 Å². The molecule has 16 heavy (non-hydrogen) atoms. The van der Waals surface area contributed by atoms with E-state index in [2.05, 4.69) is 34.5 Å². The first-order valence-corrected chi connectivity index (χ1v) is 5.77. The third-order valence-corrected chi connectivity index (χ3v) is 3.10. The van der Waals surface area contributed by atoms with Crippen LogP contribution in [-0.2, 0) is 11.3 Å². The van der Waals surface area contributed by atoms with Crippen molar-refractivity contribution in [1.82, 2.24) is 10.2 Å². The van der Waals surface area contributed by atoms with Crippen LogP contribution in [0.1, 0.15) is 18.4 Å². The quantitative estimate of drug-likeness (QED) is 0.771. The molecule has 1 aliphatic heterocycles. The fourth-order valence-corrected chi connectivity index (χ4v) is 2.16. The molecule has 1 N–H and O–H groups in total. The summed E-state index contributed by atoms with van der Waals surface area (Å²) in [6, 6.07) is 10.8. The molecule has 1 fully saturated rings. The molecule has 1 amide bonds. The zero-order valence-electron chi connectivity index (χ0n) is 9.36. The first-order chi connectivity index (χ1) is 7.88. The largest absolute Gasteiger partial charge is 0.345 e. The summed E-state index contributed by atoms with van der Waals surface area (Å²) in [4.78, 5) is 12.6. The van der Waals surface area contributed by atoms with E-state index in [9.17, 15) is 4.79 Å². The molecular formula is C13H17N2O. The summed E-state index contributed by atoms with van der Waals surface area (Å²) >= 11 is 0. The number of nitrogens with zero attached hydrogens (tertiary/aromatic N) is 1. The number of amides is 1. The molecule has 1 heterocycles. The molecular weight excluding hydrogens is 200 g/mol. The lowest BCUT2D eigenvalue weighted by Crippen LogP contribution is -2.41. The van der Waals surface area contributed by atoms with Crippen molar-refractivity contribution in [2.75, 3.05) is 13.1 Å². The average Bonchev–Trinajstić information content (AvgIpc) is 2.33. The molecule has 3 nitrogen and oxygen atoms in total. The molecule has 1 saturated heterocycles. The highest BCUT2D eigenvalue weighted by Crippen LogP contribution is 2.13. The minimum absolute atomic E-state index is 0.324. The number of likely N-dealkylation sites (tertiary alicyclic amines) is 1. The van der Waals surface area contributed by atoms with Gasteiger partial charge < -0.3 is 5.32 Å². The van der Waals surface area contributed by atoms with Crippen LogP contribution >= 0.6 is 0 Å². The van der Waals surface area contributed by atoms with Crippen LogP contribution in [-0.4, -0.2) is 30.4 Å². The predicted molar refractivity (Wildman–Crippen MR) is 63.6 cm³/mol. The highest BCUT2D eigenvalue weighted by Gasteiger charge is 2.18. The maximum absolute atomic E-state index is 10.2. The van der Waals surface area contributed by atoms with E-state index in [1.165, 1.54) is 5.56 Å². The number of benzene rings is 1. The molecule has 85 valence electrons. The van der Waals surface area contributed by atoms with Gasteiger partial charge in [-0.25, -0.2) is 0 Å². The minimum atomic E-state index is 0.324. The highest BCUT2D eigenvalue weighted by molar-refractivity contribution is 5.47. The minimum Gasteiger partial charge on any atom is -0.345 e. The van der Waals surface area contributed by atoms with E-state index < -0.39 is 0 Å². The van der Waals surface area contributed by atoms with Gasteiger partial charge in [-0.15, -0.1) is 0 Å². The molecule has 0 spiro atoms. The fourth-order valence-electron chi connectivity index (χ4n) is 2.16. The summed E-state index contributed by atoms with van der Waals surface area (Å²) in [6.07, 6.45) is 3.84. The van der Waals surface area contributed by atoms with E-state index in [-0.39, 0.29) is 0 Å². The summed E-state index contributed by atoms with van der Waals surface area (Å²) in [5.74, 6) is 0. The van der Waals surface area contributed by atoms with Crippen molar-refractivity contribution in [3.8, 4) is 0 Å². The maximum atomic E-state index is 10.2. The van der Waals surface area contributed by atoms with Crippen molar-refractivity contribution in [2.45, 2.75) is 25.4 Å². The predicted octanol–water partition coefficient (Wildman–Crippen LogP) is 1.31. The van der Waals surface area contributed by atoms with Crippen LogP contribution in [0.15, 0.2) is 30.3 Å². The van der Waals surface area contributed by atoms with E-state index in [0.717, 1.165) is 32.5 Å². The standard InChI is InChI=1S/C13H17N2O/c16-11-14-13-6-8-15(9-7-13)10-12-4-2-1-3-5-12/h1-5,13H,6-10H2,(H,14,16). The zero-order valence-corrected chi connectivity index (χ0v) is 9.36. The van der Waals surface area contributed by atoms with Gasteiger partial charge in [0.05, 0.1) is 0 Å². The molecule has 0 aliphatic carbocycles. The molecule has 1 aromatic carbocycles. The van der Waals surface area contributed by atoms with Gasteiger partial charge in [0.15, 0.2) is 0 Å². The second kappa shape index (κ2) is 5.66. The fraction of sp³-hybridized carbons (Fsp3) is 0.462. The maximum Gasteiger partial charge on any atom is 0.309 e. The van der Waals surface area contributed by atoms with E-state index in [4.69, 9.17) is 0 Å². The molecule has 0 bridgehead atoms. The van der Waals surface area contributed by atoms with E-state index in [0.29, 0.717) is 6.04 Å². The molecule has 1 aromatic rings. The monoisotopic (exact) mass is 217 g/mol. The van der Waals surface area contributed by atoms with Gasteiger partial charge >= 0.3 is 6.41 Å². The summed E-state index contributed by atoms with van der Waals surface area (Å²) in [5.41, 5.74) is 1.36. The van der Waals surface area contributed by atoms with Gasteiger partial charge in [0.2, 0.25) is 0 Å². The number of carbonyl (C=O) groups excluding carboxylic acids is 1. The summed E-state index contributed by atoms with van der Waals surface area (Å²) < 4.78 is 0. The Morgan fingerprint density at radius 2 is 1.94 bits per heavy atom. The lowest BCUT2D eigenvalue weighted by molar-refractivity contribution is 0.198. The second-order valence-electron chi connectivity index (χ2n) is 4.28. The number of piperidine rings is 1. The summed E-state index contributed by atoms with van der Waals surface area (Å²) in [5, 5.41) is 2.74. The van der Waals surface area contributed by atoms with Crippen LogP contribution in [0.3, 0.4) is 0 Å². The van der Waals surface area contributed by atoms with Crippen LogP contribution in [0.4, 0.5) is 0 Å². The second-order valence-corrected chi connectivity index (χ2v) is 4.28. The molecule has 2 rings (SSSR count). The topological polar surface area (TPSA) is 32.3 Å². The molecule has 0 saturated carbocycles. The average molecular weight is 217 g/mol. The van der Waals surface area contributed by atoms with Crippen molar-refractivity contribution >= 4 is 6.41 Å².